The fraction of sp³-hybridized carbons (Fsp3) is 0.391. The molecular formula is C23H29FN4O7S. The van der Waals surface area contributed by atoms with Crippen molar-refractivity contribution in [2.75, 3.05) is 30.8 Å². The highest BCUT2D eigenvalue weighted by molar-refractivity contribution is 7.92. The summed E-state index contributed by atoms with van der Waals surface area (Å²) in [4.78, 5) is 37.8. The molecule has 0 aliphatic heterocycles. The Balaban J connectivity index is 2.51. The molecule has 11 nitrogen and oxygen atoms in total. The molecule has 2 aromatic rings. The number of anilines is 1. The summed E-state index contributed by atoms with van der Waals surface area (Å²) in [5, 5.41) is 14.0. The van der Waals surface area contributed by atoms with Crippen molar-refractivity contribution in [2.45, 2.75) is 32.9 Å². The number of nitrogens with one attached hydrogen (secondary N) is 1. The summed E-state index contributed by atoms with van der Waals surface area (Å²) >= 11 is 0. The predicted octanol–water partition coefficient (Wildman–Crippen LogP) is 2.45. The average molecular weight is 525 g/mol. The molecule has 0 saturated heterocycles. The topological polar surface area (TPSA) is 139 Å². The number of non-ortho nitro benzene ring substituents is 1. The van der Waals surface area contributed by atoms with E-state index in [0.29, 0.717) is 17.3 Å². The number of rotatable bonds is 12. The highest BCUT2D eigenvalue weighted by atomic mass is 32.2. The molecule has 13 heteroatoms. The third kappa shape index (κ3) is 7.13. The number of ether oxygens (including phenoxy) is 1. The van der Waals surface area contributed by atoms with Gasteiger partial charge in [-0.05, 0) is 25.5 Å². The van der Waals surface area contributed by atoms with Crippen molar-refractivity contribution in [1.82, 2.24) is 10.2 Å². The molecule has 0 bridgehead atoms. The number of hydrogen-bond acceptors (Lipinski definition) is 7. The van der Waals surface area contributed by atoms with E-state index in [9.17, 15) is 32.5 Å². The van der Waals surface area contributed by atoms with Crippen LogP contribution >= 0.6 is 0 Å². The number of carbonyl (C=O) groups is 2. The summed E-state index contributed by atoms with van der Waals surface area (Å²) in [7, 11) is -2.91. The molecular weight excluding hydrogens is 495 g/mol. The molecule has 0 aliphatic carbocycles. The van der Waals surface area contributed by atoms with Crippen LogP contribution in [-0.2, 0) is 26.2 Å². The van der Waals surface area contributed by atoms with Crippen molar-refractivity contribution in [3.05, 3.63) is 64.0 Å². The fourth-order valence-corrected chi connectivity index (χ4v) is 4.22. The van der Waals surface area contributed by atoms with Gasteiger partial charge in [-0.3, -0.25) is 24.0 Å². The van der Waals surface area contributed by atoms with Gasteiger partial charge in [0.1, 0.15) is 29.8 Å². The lowest BCUT2D eigenvalue weighted by Crippen LogP contribution is -2.51. The summed E-state index contributed by atoms with van der Waals surface area (Å²) in [5.74, 6) is -1.94. The van der Waals surface area contributed by atoms with E-state index in [1.807, 2.05) is 6.92 Å². The van der Waals surface area contributed by atoms with Crippen LogP contribution in [0.1, 0.15) is 25.8 Å². The maximum Gasteiger partial charge on any atom is 0.271 e. The first-order chi connectivity index (χ1) is 16.9. The first-order valence-corrected chi connectivity index (χ1v) is 12.9. The van der Waals surface area contributed by atoms with E-state index in [1.165, 1.54) is 38.3 Å². The number of hydrogen-bond donors (Lipinski definition) is 1. The van der Waals surface area contributed by atoms with Crippen LogP contribution < -0.4 is 14.4 Å². The SMILES string of the molecule is CCCNC(=O)[C@@H](C)N(Cc1ccccc1F)C(=O)CN(c1cc([N+](=O)[O-])ccc1OC)S(C)(=O)=O. The number of nitro benzene ring substituents is 1. The second kappa shape index (κ2) is 12.3. The Morgan fingerprint density at radius 2 is 1.89 bits per heavy atom. The monoisotopic (exact) mass is 524 g/mol. The van der Waals surface area contributed by atoms with Crippen LogP contribution in [0.4, 0.5) is 15.8 Å². The van der Waals surface area contributed by atoms with Crippen molar-refractivity contribution < 1.29 is 32.1 Å². The molecule has 0 aromatic heterocycles. The number of carbonyl (C=O) groups excluding carboxylic acids is 2. The molecule has 196 valence electrons. The second-order valence-corrected chi connectivity index (χ2v) is 9.87. The molecule has 2 amide bonds. The van der Waals surface area contributed by atoms with Crippen molar-refractivity contribution in [2.24, 2.45) is 0 Å². The lowest BCUT2D eigenvalue weighted by atomic mass is 10.1. The zero-order valence-electron chi connectivity index (χ0n) is 20.4. The van der Waals surface area contributed by atoms with Gasteiger partial charge in [0, 0.05) is 30.8 Å². The highest BCUT2D eigenvalue weighted by Gasteiger charge is 2.32. The number of nitrogens with zero attached hydrogens (tertiary/aromatic N) is 3. The number of methoxy groups -OCH3 is 1. The Morgan fingerprint density at radius 1 is 1.22 bits per heavy atom. The summed E-state index contributed by atoms with van der Waals surface area (Å²) in [6, 6.07) is 7.95. The molecule has 0 spiro atoms. The zero-order chi connectivity index (χ0) is 27.0. The third-order valence-electron chi connectivity index (χ3n) is 5.34. The van der Waals surface area contributed by atoms with Crippen molar-refractivity contribution in [1.29, 1.82) is 0 Å². The lowest BCUT2D eigenvalue weighted by molar-refractivity contribution is -0.384. The van der Waals surface area contributed by atoms with Crippen molar-refractivity contribution in [3.63, 3.8) is 0 Å². The van der Waals surface area contributed by atoms with E-state index in [4.69, 9.17) is 4.74 Å². The molecule has 2 rings (SSSR count). The molecule has 0 unspecified atom stereocenters. The van der Waals surface area contributed by atoms with Gasteiger partial charge in [-0.1, -0.05) is 25.1 Å². The summed E-state index contributed by atoms with van der Waals surface area (Å²) in [6.07, 6.45) is 1.48. The number of halogens is 1. The van der Waals surface area contributed by atoms with E-state index < -0.39 is 50.9 Å². The Kier molecular flexibility index (Phi) is 9.73. The van der Waals surface area contributed by atoms with Gasteiger partial charge in [-0.25, -0.2) is 12.8 Å². The van der Waals surface area contributed by atoms with Gasteiger partial charge >= 0.3 is 0 Å². The van der Waals surface area contributed by atoms with Crippen LogP contribution in [-0.4, -0.2) is 62.6 Å². The maximum absolute atomic E-state index is 14.4. The Morgan fingerprint density at radius 3 is 2.44 bits per heavy atom. The molecule has 0 radical (unpaired) electrons. The van der Waals surface area contributed by atoms with Crippen LogP contribution in [0.5, 0.6) is 5.75 Å². The van der Waals surface area contributed by atoms with E-state index in [1.54, 1.807) is 6.07 Å². The minimum atomic E-state index is -4.15. The van der Waals surface area contributed by atoms with Crippen LogP contribution in [0.25, 0.3) is 0 Å². The van der Waals surface area contributed by atoms with Gasteiger partial charge in [-0.15, -0.1) is 0 Å². The maximum atomic E-state index is 14.4. The molecule has 0 saturated carbocycles. The van der Waals surface area contributed by atoms with E-state index in [-0.39, 0.29) is 23.5 Å². The molecule has 0 aliphatic rings. The number of nitro groups is 1. The summed E-state index contributed by atoms with van der Waals surface area (Å²) in [5.41, 5.74) is -0.515. The Labute approximate surface area is 209 Å². The van der Waals surface area contributed by atoms with Crippen LogP contribution in [0.3, 0.4) is 0 Å². The van der Waals surface area contributed by atoms with Crippen LogP contribution in [0, 0.1) is 15.9 Å². The Hall–Kier alpha value is -3.74. The molecule has 1 N–H and O–H groups in total. The number of amides is 2. The van der Waals surface area contributed by atoms with Gasteiger partial charge in [-0.2, -0.15) is 0 Å². The third-order valence-corrected chi connectivity index (χ3v) is 6.46. The van der Waals surface area contributed by atoms with Crippen molar-refractivity contribution in [3.8, 4) is 5.75 Å². The second-order valence-electron chi connectivity index (χ2n) is 7.96. The molecule has 1 atom stereocenters. The minimum absolute atomic E-state index is 0.0202. The van der Waals surface area contributed by atoms with E-state index in [2.05, 4.69) is 5.32 Å². The lowest BCUT2D eigenvalue weighted by Gasteiger charge is -2.31. The van der Waals surface area contributed by atoms with Gasteiger partial charge in [0.25, 0.3) is 5.69 Å². The van der Waals surface area contributed by atoms with Crippen LogP contribution in [0.15, 0.2) is 42.5 Å². The fourth-order valence-electron chi connectivity index (χ4n) is 3.37. The molecule has 2 aromatic carbocycles. The summed E-state index contributed by atoms with van der Waals surface area (Å²) in [6.45, 7) is 2.53. The van der Waals surface area contributed by atoms with E-state index >= 15 is 0 Å². The highest BCUT2D eigenvalue weighted by Crippen LogP contribution is 2.33. The number of sulfonamides is 1. The summed E-state index contributed by atoms with van der Waals surface area (Å²) < 4.78 is 45.6. The van der Waals surface area contributed by atoms with Crippen LogP contribution in [0.2, 0.25) is 0 Å². The quantitative estimate of drug-likeness (QED) is 0.332. The van der Waals surface area contributed by atoms with Gasteiger partial charge in [0.2, 0.25) is 21.8 Å². The van der Waals surface area contributed by atoms with Crippen molar-refractivity contribution >= 4 is 33.2 Å². The first kappa shape index (κ1) is 28.5. The Bertz CT molecular complexity index is 1220. The normalized spacial score (nSPS) is 11.9. The molecule has 0 heterocycles. The minimum Gasteiger partial charge on any atom is -0.495 e. The standard InChI is InChI=1S/C23H29FN4O7S/c1-5-12-25-23(30)16(2)26(14-17-8-6-7-9-19(17)24)22(29)15-27(36(4,33)34)20-13-18(28(31)32)10-11-21(20)35-3/h6-11,13,16H,5,12,14-15H2,1-4H3,(H,25,30)/t16-/m1/s1. The molecule has 0 fully saturated rings. The van der Waals surface area contributed by atoms with Gasteiger partial charge in [0.15, 0.2) is 0 Å². The average Bonchev–Trinajstić information content (AvgIpc) is 2.83. The predicted molar refractivity (Wildman–Crippen MR) is 132 cm³/mol. The van der Waals surface area contributed by atoms with Gasteiger partial charge in [0.05, 0.1) is 18.3 Å². The number of benzene rings is 2. The van der Waals surface area contributed by atoms with E-state index in [0.717, 1.165) is 23.3 Å². The van der Waals surface area contributed by atoms with Gasteiger partial charge < -0.3 is 15.0 Å². The largest absolute Gasteiger partial charge is 0.495 e. The zero-order valence-corrected chi connectivity index (χ0v) is 21.2. The first-order valence-electron chi connectivity index (χ1n) is 11.0. The molecule has 36 heavy (non-hydrogen) atoms. The smallest absolute Gasteiger partial charge is 0.271 e.